The van der Waals surface area contributed by atoms with E-state index in [2.05, 4.69) is 6.92 Å². The third kappa shape index (κ3) is 5.46. The van der Waals surface area contributed by atoms with Crippen molar-refractivity contribution in [2.45, 2.75) is 36.9 Å². The molecule has 6 heteroatoms. The van der Waals surface area contributed by atoms with Gasteiger partial charge in [0.2, 0.25) is 0 Å². The molecule has 0 N–H and O–H groups in total. The average Bonchev–Trinajstić information content (AvgIpc) is 2.55. The summed E-state index contributed by atoms with van der Waals surface area (Å²) in [6.07, 6.45) is 1.02. The topological polar surface area (TPSA) is 9.23 Å². The van der Waals surface area contributed by atoms with Crippen molar-refractivity contribution in [3.63, 3.8) is 0 Å². The van der Waals surface area contributed by atoms with E-state index < -0.39 is 17.2 Å². The maximum atomic E-state index is 13.4. The summed E-state index contributed by atoms with van der Waals surface area (Å²) in [7, 11) is 0. The number of ether oxygens (including phenoxy) is 1. The summed E-state index contributed by atoms with van der Waals surface area (Å²) in [4.78, 5) is -4.23. The van der Waals surface area contributed by atoms with E-state index >= 15 is 0 Å². The molecule has 1 nitrogen and oxygen atoms in total. The lowest BCUT2D eigenvalue weighted by Gasteiger charge is -2.21. The highest BCUT2D eigenvalue weighted by molar-refractivity contribution is 9.10. The molecule has 0 aliphatic rings. The zero-order valence-corrected chi connectivity index (χ0v) is 15.3. The highest BCUT2D eigenvalue weighted by atomic mass is 79.9. The van der Waals surface area contributed by atoms with Gasteiger partial charge in [0.05, 0.1) is 6.61 Å². The van der Waals surface area contributed by atoms with E-state index in [4.69, 9.17) is 4.74 Å². The van der Waals surface area contributed by atoms with Gasteiger partial charge in [-0.3, -0.25) is 0 Å². The van der Waals surface area contributed by atoms with Crippen molar-refractivity contribution < 1.29 is 22.3 Å². The summed E-state index contributed by atoms with van der Waals surface area (Å²) < 4.78 is 58.1. The standard InChI is InChI=1S/C19H19BrF4O/c1-2-3-12-25-17-10-8-16(9-11-17)15-6-4-14(5-7-15)13-18(21,22)19(20,23)24/h4-11H,2-3,12-13H2,1H3. The molecule has 0 aliphatic heterocycles. The second-order valence-corrected chi connectivity index (χ2v) is 6.80. The van der Waals surface area contributed by atoms with Crippen LogP contribution in [0.25, 0.3) is 11.1 Å². The molecule has 0 heterocycles. The Balaban J connectivity index is 2.04. The van der Waals surface area contributed by atoms with Gasteiger partial charge in [-0.05, 0) is 51.2 Å². The van der Waals surface area contributed by atoms with Crippen molar-refractivity contribution in [2.24, 2.45) is 0 Å². The summed E-state index contributed by atoms with van der Waals surface area (Å²) >= 11 is 1.74. The Labute approximate surface area is 153 Å². The van der Waals surface area contributed by atoms with Gasteiger partial charge < -0.3 is 4.74 Å². The highest BCUT2D eigenvalue weighted by Gasteiger charge is 2.53. The Morgan fingerprint density at radius 3 is 1.88 bits per heavy atom. The lowest BCUT2D eigenvalue weighted by atomic mass is 10.0. The summed E-state index contributed by atoms with van der Waals surface area (Å²) in [5.74, 6) is -3.38. The molecule has 136 valence electrons. The largest absolute Gasteiger partial charge is 0.494 e. The fourth-order valence-corrected chi connectivity index (χ4v) is 2.39. The SMILES string of the molecule is CCCCOc1ccc(-c2ccc(CC(F)(F)C(F)(F)Br)cc2)cc1. The van der Waals surface area contributed by atoms with Crippen LogP contribution in [0.5, 0.6) is 5.75 Å². The summed E-state index contributed by atoms with van der Waals surface area (Å²) in [5, 5.41) is 0. The van der Waals surface area contributed by atoms with Gasteiger partial charge >= 0.3 is 10.8 Å². The van der Waals surface area contributed by atoms with Gasteiger partial charge in [0.25, 0.3) is 0 Å². The average molecular weight is 419 g/mol. The Morgan fingerprint density at radius 1 is 0.880 bits per heavy atom. The molecule has 0 aliphatic carbocycles. The normalized spacial score (nSPS) is 12.2. The zero-order valence-electron chi connectivity index (χ0n) is 13.7. The second-order valence-electron chi connectivity index (χ2n) is 5.80. The van der Waals surface area contributed by atoms with E-state index in [9.17, 15) is 17.6 Å². The molecule has 25 heavy (non-hydrogen) atoms. The van der Waals surface area contributed by atoms with Gasteiger partial charge in [-0.25, -0.2) is 0 Å². The van der Waals surface area contributed by atoms with E-state index in [1.54, 1.807) is 28.1 Å². The smallest absolute Gasteiger partial charge is 0.363 e. The molecule has 0 atom stereocenters. The third-order valence-corrected chi connectivity index (χ3v) is 4.33. The molecule has 0 fully saturated rings. The fourth-order valence-electron chi connectivity index (χ4n) is 2.25. The lowest BCUT2D eigenvalue weighted by Crippen LogP contribution is -2.36. The van der Waals surface area contributed by atoms with Crippen LogP contribution in [-0.4, -0.2) is 17.4 Å². The van der Waals surface area contributed by atoms with E-state index in [0.29, 0.717) is 6.61 Å². The van der Waals surface area contributed by atoms with E-state index in [1.807, 2.05) is 24.3 Å². The van der Waals surface area contributed by atoms with Gasteiger partial charge in [0.15, 0.2) is 0 Å². The van der Waals surface area contributed by atoms with Crippen LogP contribution in [0.2, 0.25) is 0 Å². The molecular formula is C19H19BrF4O. The molecule has 2 rings (SSSR count). The highest BCUT2D eigenvalue weighted by Crippen LogP contribution is 2.41. The summed E-state index contributed by atoms with van der Waals surface area (Å²) in [6.45, 7) is 2.75. The van der Waals surface area contributed by atoms with Crippen LogP contribution in [0.3, 0.4) is 0 Å². The predicted octanol–water partition coefficient (Wildman–Crippen LogP) is 6.70. The first-order chi connectivity index (χ1) is 11.7. The molecule has 0 unspecified atom stereocenters. The van der Waals surface area contributed by atoms with Crippen LogP contribution in [0, 0.1) is 0 Å². The molecule has 0 spiro atoms. The van der Waals surface area contributed by atoms with Crippen molar-refractivity contribution in [1.82, 2.24) is 0 Å². The number of unbranched alkanes of at least 4 members (excludes halogenated alkanes) is 1. The minimum Gasteiger partial charge on any atom is -0.494 e. The number of benzene rings is 2. The molecule has 0 bridgehead atoms. The summed E-state index contributed by atoms with van der Waals surface area (Å²) in [6, 6.07) is 13.6. The third-order valence-electron chi connectivity index (χ3n) is 3.75. The molecule has 0 saturated carbocycles. The predicted molar refractivity (Wildman–Crippen MR) is 94.8 cm³/mol. The minimum atomic E-state index is -4.23. The maximum Gasteiger partial charge on any atom is 0.363 e. The molecule has 0 radical (unpaired) electrons. The van der Waals surface area contributed by atoms with Crippen molar-refractivity contribution in [2.75, 3.05) is 6.61 Å². The van der Waals surface area contributed by atoms with Crippen LogP contribution in [0.15, 0.2) is 48.5 Å². The molecule has 0 amide bonds. The van der Waals surface area contributed by atoms with Crippen LogP contribution in [-0.2, 0) is 6.42 Å². The second kappa shape index (κ2) is 8.21. The van der Waals surface area contributed by atoms with Crippen molar-refractivity contribution in [1.29, 1.82) is 0 Å². The first kappa shape index (κ1) is 19.8. The quantitative estimate of drug-likeness (QED) is 0.263. The van der Waals surface area contributed by atoms with E-state index in [0.717, 1.165) is 29.7 Å². The molecule has 2 aromatic carbocycles. The molecule has 0 saturated heterocycles. The molecular weight excluding hydrogens is 400 g/mol. The van der Waals surface area contributed by atoms with Gasteiger partial charge in [-0.1, -0.05) is 49.7 Å². The Hall–Kier alpha value is -1.56. The number of hydrogen-bond acceptors (Lipinski definition) is 1. The zero-order chi connectivity index (χ0) is 18.5. The van der Waals surface area contributed by atoms with Crippen LogP contribution in [0.1, 0.15) is 25.3 Å². The first-order valence-electron chi connectivity index (χ1n) is 7.99. The van der Waals surface area contributed by atoms with E-state index in [1.165, 1.54) is 12.1 Å². The van der Waals surface area contributed by atoms with E-state index in [-0.39, 0.29) is 5.56 Å². The van der Waals surface area contributed by atoms with Gasteiger partial charge in [0.1, 0.15) is 5.75 Å². The Morgan fingerprint density at radius 2 is 1.40 bits per heavy atom. The summed E-state index contributed by atoms with van der Waals surface area (Å²) in [5.41, 5.74) is 1.86. The molecule has 2 aromatic rings. The number of hydrogen-bond donors (Lipinski definition) is 0. The van der Waals surface area contributed by atoms with Gasteiger partial charge in [0, 0.05) is 6.42 Å². The number of halogens is 5. The monoisotopic (exact) mass is 418 g/mol. The van der Waals surface area contributed by atoms with Crippen LogP contribution < -0.4 is 4.74 Å². The first-order valence-corrected chi connectivity index (χ1v) is 8.79. The van der Waals surface area contributed by atoms with Gasteiger partial charge in [-0.2, -0.15) is 17.6 Å². The maximum absolute atomic E-state index is 13.4. The minimum absolute atomic E-state index is 0.146. The lowest BCUT2D eigenvalue weighted by molar-refractivity contribution is -0.145. The Bertz CT molecular complexity index is 663. The number of rotatable bonds is 8. The Kier molecular flexibility index (Phi) is 6.49. The fraction of sp³-hybridized carbons (Fsp3) is 0.368. The number of alkyl halides is 5. The van der Waals surface area contributed by atoms with Crippen molar-refractivity contribution in [3.05, 3.63) is 54.1 Å². The van der Waals surface area contributed by atoms with Crippen molar-refractivity contribution >= 4 is 15.9 Å². The van der Waals surface area contributed by atoms with Crippen molar-refractivity contribution in [3.8, 4) is 16.9 Å². The van der Waals surface area contributed by atoms with Crippen LogP contribution in [0.4, 0.5) is 17.6 Å². The molecule has 0 aromatic heterocycles. The van der Waals surface area contributed by atoms with Crippen LogP contribution >= 0.6 is 15.9 Å². The van der Waals surface area contributed by atoms with Gasteiger partial charge in [-0.15, -0.1) is 0 Å².